The normalized spacial score (nSPS) is 10.3. The van der Waals surface area contributed by atoms with Crippen LogP contribution < -0.4 is 10.1 Å². The fraction of sp³-hybridized carbons (Fsp3) is 0.368. The molecule has 2 heteroatoms. The molecule has 0 aliphatic heterocycles. The van der Waals surface area contributed by atoms with Gasteiger partial charge in [-0.3, -0.25) is 0 Å². The van der Waals surface area contributed by atoms with Gasteiger partial charge in [-0.25, -0.2) is 0 Å². The lowest BCUT2D eigenvalue weighted by atomic mass is 10.1. The molecule has 2 aromatic rings. The van der Waals surface area contributed by atoms with E-state index in [2.05, 4.69) is 48.6 Å². The number of hydrogen-bond donors (Lipinski definition) is 1. The molecule has 0 radical (unpaired) electrons. The lowest BCUT2D eigenvalue weighted by Crippen LogP contribution is -2.07. The Morgan fingerprint density at radius 1 is 0.905 bits per heavy atom. The van der Waals surface area contributed by atoms with Gasteiger partial charge in [-0.05, 0) is 30.5 Å². The quantitative estimate of drug-likeness (QED) is 0.660. The number of nitrogens with one attached hydrogen (secondary N) is 1. The minimum atomic E-state index is 0.797. The molecular weight excluding hydrogens is 258 g/mol. The maximum absolute atomic E-state index is 5.88. The van der Waals surface area contributed by atoms with E-state index in [-0.39, 0.29) is 0 Å². The third-order valence-electron chi connectivity index (χ3n) is 3.46. The SMILES string of the molecule is CCCCCOc1ccccc1NCCc1ccccc1. The average molecular weight is 283 g/mol. The zero-order valence-corrected chi connectivity index (χ0v) is 12.8. The van der Waals surface area contributed by atoms with Crippen molar-refractivity contribution in [2.75, 3.05) is 18.5 Å². The molecule has 2 aromatic carbocycles. The topological polar surface area (TPSA) is 21.3 Å². The van der Waals surface area contributed by atoms with E-state index in [1.54, 1.807) is 0 Å². The molecule has 0 aliphatic carbocycles. The molecule has 0 spiro atoms. The van der Waals surface area contributed by atoms with Crippen LogP contribution in [0.2, 0.25) is 0 Å². The molecule has 0 fully saturated rings. The minimum absolute atomic E-state index is 0.797. The van der Waals surface area contributed by atoms with Crippen molar-refractivity contribution in [2.45, 2.75) is 32.6 Å². The van der Waals surface area contributed by atoms with Crippen LogP contribution in [0.1, 0.15) is 31.7 Å². The number of benzene rings is 2. The number of anilines is 1. The van der Waals surface area contributed by atoms with Gasteiger partial charge in [0.1, 0.15) is 5.75 Å². The summed E-state index contributed by atoms with van der Waals surface area (Å²) < 4.78 is 5.88. The zero-order valence-electron chi connectivity index (χ0n) is 12.8. The summed E-state index contributed by atoms with van der Waals surface area (Å²) in [5.41, 5.74) is 2.44. The van der Waals surface area contributed by atoms with Crippen LogP contribution in [0.5, 0.6) is 5.75 Å². The van der Waals surface area contributed by atoms with Gasteiger partial charge in [0, 0.05) is 6.54 Å². The Hall–Kier alpha value is -1.96. The summed E-state index contributed by atoms with van der Waals surface area (Å²) >= 11 is 0. The Balaban J connectivity index is 1.82. The highest BCUT2D eigenvalue weighted by Gasteiger charge is 2.02. The molecule has 112 valence electrons. The molecule has 0 saturated carbocycles. The predicted molar refractivity (Wildman–Crippen MR) is 90.1 cm³/mol. The minimum Gasteiger partial charge on any atom is -0.491 e. The standard InChI is InChI=1S/C19H25NO/c1-2-3-9-16-21-19-13-8-7-12-18(19)20-15-14-17-10-5-4-6-11-17/h4-8,10-13,20H,2-3,9,14-16H2,1H3. The third-order valence-corrected chi connectivity index (χ3v) is 3.46. The first kappa shape index (κ1) is 15.4. The summed E-state index contributed by atoms with van der Waals surface area (Å²) in [6, 6.07) is 18.7. The lowest BCUT2D eigenvalue weighted by molar-refractivity contribution is 0.307. The van der Waals surface area contributed by atoms with Gasteiger partial charge in [-0.2, -0.15) is 0 Å². The van der Waals surface area contributed by atoms with E-state index in [0.717, 1.165) is 37.4 Å². The molecule has 0 aliphatic rings. The van der Waals surface area contributed by atoms with Crippen LogP contribution in [0.25, 0.3) is 0 Å². The van der Waals surface area contributed by atoms with Gasteiger partial charge in [0.25, 0.3) is 0 Å². The average Bonchev–Trinajstić information content (AvgIpc) is 2.54. The van der Waals surface area contributed by atoms with Crippen molar-refractivity contribution >= 4 is 5.69 Å². The van der Waals surface area contributed by atoms with Gasteiger partial charge in [-0.1, -0.05) is 62.2 Å². The van der Waals surface area contributed by atoms with Gasteiger partial charge in [0.2, 0.25) is 0 Å². The first-order valence-corrected chi connectivity index (χ1v) is 7.90. The van der Waals surface area contributed by atoms with Crippen LogP contribution in [-0.2, 0) is 6.42 Å². The van der Waals surface area contributed by atoms with Crippen LogP contribution in [0.4, 0.5) is 5.69 Å². The Kier molecular flexibility index (Phi) is 6.66. The first-order valence-electron chi connectivity index (χ1n) is 7.90. The molecule has 0 bridgehead atoms. The van der Waals surface area contributed by atoms with E-state index in [1.807, 2.05) is 18.2 Å². The molecule has 21 heavy (non-hydrogen) atoms. The zero-order chi connectivity index (χ0) is 14.8. The van der Waals surface area contributed by atoms with Crippen molar-refractivity contribution < 1.29 is 4.74 Å². The molecule has 0 amide bonds. The molecule has 0 aromatic heterocycles. The summed E-state index contributed by atoms with van der Waals surface area (Å²) in [6.07, 6.45) is 4.59. The van der Waals surface area contributed by atoms with Crippen LogP contribution in [-0.4, -0.2) is 13.2 Å². The molecule has 2 nitrogen and oxygen atoms in total. The van der Waals surface area contributed by atoms with E-state index in [4.69, 9.17) is 4.74 Å². The van der Waals surface area contributed by atoms with E-state index in [0.29, 0.717) is 0 Å². The van der Waals surface area contributed by atoms with Crippen molar-refractivity contribution in [1.29, 1.82) is 0 Å². The summed E-state index contributed by atoms with van der Waals surface area (Å²) in [4.78, 5) is 0. The summed E-state index contributed by atoms with van der Waals surface area (Å²) in [7, 11) is 0. The van der Waals surface area contributed by atoms with Crippen molar-refractivity contribution in [2.24, 2.45) is 0 Å². The summed E-state index contributed by atoms with van der Waals surface area (Å²) in [6.45, 7) is 3.92. The van der Waals surface area contributed by atoms with Gasteiger partial charge in [0.15, 0.2) is 0 Å². The molecule has 0 heterocycles. The predicted octanol–water partition coefficient (Wildman–Crippen LogP) is 4.91. The lowest BCUT2D eigenvalue weighted by Gasteiger charge is -2.13. The fourth-order valence-corrected chi connectivity index (χ4v) is 2.26. The first-order chi connectivity index (χ1) is 10.4. The number of unbranched alkanes of at least 4 members (excludes halogenated alkanes) is 2. The Labute approximate surface area is 128 Å². The van der Waals surface area contributed by atoms with Gasteiger partial charge < -0.3 is 10.1 Å². The molecule has 0 unspecified atom stereocenters. The van der Waals surface area contributed by atoms with E-state index in [1.165, 1.54) is 18.4 Å². The third kappa shape index (κ3) is 5.50. The van der Waals surface area contributed by atoms with Crippen molar-refractivity contribution in [3.05, 3.63) is 60.2 Å². The maximum atomic E-state index is 5.88. The molecule has 0 atom stereocenters. The van der Waals surface area contributed by atoms with Gasteiger partial charge in [0.05, 0.1) is 12.3 Å². The van der Waals surface area contributed by atoms with Crippen LogP contribution in [0, 0.1) is 0 Å². The highest BCUT2D eigenvalue weighted by molar-refractivity contribution is 5.56. The number of hydrogen-bond acceptors (Lipinski definition) is 2. The van der Waals surface area contributed by atoms with Crippen molar-refractivity contribution in [3.63, 3.8) is 0 Å². The van der Waals surface area contributed by atoms with Gasteiger partial charge in [-0.15, -0.1) is 0 Å². The smallest absolute Gasteiger partial charge is 0.142 e. The summed E-state index contributed by atoms with van der Waals surface area (Å²) in [5, 5.41) is 3.48. The van der Waals surface area contributed by atoms with Crippen LogP contribution >= 0.6 is 0 Å². The second kappa shape index (κ2) is 9.06. The number of rotatable bonds is 9. The number of ether oxygens (including phenoxy) is 1. The Morgan fingerprint density at radius 2 is 1.67 bits per heavy atom. The largest absolute Gasteiger partial charge is 0.491 e. The van der Waals surface area contributed by atoms with E-state index in [9.17, 15) is 0 Å². The second-order valence-electron chi connectivity index (χ2n) is 5.21. The number of para-hydroxylation sites is 2. The second-order valence-corrected chi connectivity index (χ2v) is 5.21. The Bertz CT molecular complexity index is 510. The molecule has 1 N–H and O–H groups in total. The van der Waals surface area contributed by atoms with E-state index >= 15 is 0 Å². The highest BCUT2D eigenvalue weighted by atomic mass is 16.5. The fourth-order valence-electron chi connectivity index (χ4n) is 2.26. The van der Waals surface area contributed by atoms with E-state index < -0.39 is 0 Å². The monoisotopic (exact) mass is 283 g/mol. The van der Waals surface area contributed by atoms with Gasteiger partial charge >= 0.3 is 0 Å². The van der Waals surface area contributed by atoms with Crippen LogP contribution in [0.15, 0.2) is 54.6 Å². The highest BCUT2D eigenvalue weighted by Crippen LogP contribution is 2.24. The van der Waals surface area contributed by atoms with Crippen molar-refractivity contribution in [3.8, 4) is 5.75 Å². The summed E-state index contributed by atoms with van der Waals surface area (Å²) in [5.74, 6) is 0.960. The van der Waals surface area contributed by atoms with Crippen molar-refractivity contribution in [1.82, 2.24) is 0 Å². The molecule has 2 rings (SSSR count). The van der Waals surface area contributed by atoms with Crippen LogP contribution in [0.3, 0.4) is 0 Å². The Morgan fingerprint density at radius 3 is 2.48 bits per heavy atom. The molecular formula is C19H25NO. The maximum Gasteiger partial charge on any atom is 0.142 e. The molecule has 0 saturated heterocycles.